The van der Waals surface area contributed by atoms with Gasteiger partial charge in [0.2, 0.25) is 5.75 Å². The lowest BCUT2D eigenvalue weighted by Crippen LogP contribution is -2.24. The molecule has 0 amide bonds. The number of aromatic amines is 1. The number of hydrogen-bond donors (Lipinski definition) is 1. The van der Waals surface area contributed by atoms with Crippen LogP contribution >= 0.6 is 0 Å². The zero-order valence-corrected chi connectivity index (χ0v) is 9.86. The number of nitrogens with one attached hydrogen (secondary N) is 1. The van der Waals surface area contributed by atoms with Gasteiger partial charge in [0, 0.05) is 13.1 Å². The summed E-state index contributed by atoms with van der Waals surface area (Å²) in [4.78, 5) is 20.4. The molecule has 0 spiro atoms. The van der Waals surface area contributed by atoms with Gasteiger partial charge in [0.1, 0.15) is 0 Å². The Morgan fingerprint density at radius 2 is 2.06 bits per heavy atom. The summed E-state index contributed by atoms with van der Waals surface area (Å²) in [6.45, 7) is 6.27. The lowest BCUT2D eigenvalue weighted by atomic mass is 10.0. The van der Waals surface area contributed by atoms with E-state index < -0.39 is 0 Å². The maximum absolute atomic E-state index is 11.5. The smallest absolute Gasteiger partial charge is 0.295 e. The summed E-state index contributed by atoms with van der Waals surface area (Å²) in [7, 11) is 1.50. The first-order valence-electron chi connectivity index (χ1n) is 5.50. The fourth-order valence-corrected chi connectivity index (χ4v) is 2.09. The molecule has 0 aliphatic carbocycles. The molecule has 1 aliphatic rings. The molecule has 2 rings (SSSR count). The quantitative estimate of drug-likeness (QED) is 0.808. The molecule has 1 aliphatic heterocycles. The Bertz CT molecular complexity index is 419. The van der Waals surface area contributed by atoms with Crippen molar-refractivity contribution in [3.63, 3.8) is 0 Å². The second-order valence-corrected chi connectivity index (χ2v) is 4.45. The molecule has 5 heteroatoms. The number of rotatable bonds is 2. The standard InChI is InChI=1S/C11H17N3O2/c1-7-4-14(5-8(7)2)10-9(16-3)11(15)13-6-12-10/h6-8H,4-5H2,1-3H3,(H,12,13,15). The summed E-state index contributed by atoms with van der Waals surface area (Å²) >= 11 is 0. The van der Waals surface area contributed by atoms with E-state index in [2.05, 4.69) is 28.7 Å². The van der Waals surface area contributed by atoms with Crippen LogP contribution in [0.25, 0.3) is 0 Å². The van der Waals surface area contributed by atoms with Gasteiger partial charge < -0.3 is 14.6 Å². The lowest BCUT2D eigenvalue weighted by Gasteiger charge is -2.18. The first-order valence-corrected chi connectivity index (χ1v) is 5.50. The molecule has 0 bridgehead atoms. The Kier molecular flexibility index (Phi) is 2.85. The van der Waals surface area contributed by atoms with E-state index in [1.54, 1.807) is 0 Å². The average Bonchev–Trinajstić information content (AvgIpc) is 2.59. The van der Waals surface area contributed by atoms with Crippen molar-refractivity contribution in [1.82, 2.24) is 9.97 Å². The van der Waals surface area contributed by atoms with Crippen LogP contribution in [0.1, 0.15) is 13.8 Å². The SMILES string of the molecule is COc1c(N2CC(C)C(C)C2)nc[nH]c1=O. The zero-order valence-electron chi connectivity index (χ0n) is 9.86. The molecule has 5 nitrogen and oxygen atoms in total. The Morgan fingerprint density at radius 3 is 2.62 bits per heavy atom. The lowest BCUT2D eigenvalue weighted by molar-refractivity contribution is 0.406. The van der Waals surface area contributed by atoms with Gasteiger partial charge in [0.25, 0.3) is 5.56 Å². The maximum Gasteiger partial charge on any atom is 0.295 e. The molecule has 16 heavy (non-hydrogen) atoms. The van der Waals surface area contributed by atoms with Crippen LogP contribution in [0.3, 0.4) is 0 Å². The molecule has 2 heterocycles. The summed E-state index contributed by atoms with van der Waals surface area (Å²) in [5, 5.41) is 0. The minimum atomic E-state index is -0.222. The predicted molar refractivity (Wildman–Crippen MR) is 62.0 cm³/mol. The van der Waals surface area contributed by atoms with E-state index in [-0.39, 0.29) is 5.56 Å². The summed E-state index contributed by atoms with van der Waals surface area (Å²) < 4.78 is 5.11. The van der Waals surface area contributed by atoms with Crippen LogP contribution in [0.4, 0.5) is 5.82 Å². The zero-order chi connectivity index (χ0) is 11.7. The number of ether oxygens (including phenoxy) is 1. The van der Waals surface area contributed by atoms with Gasteiger partial charge in [-0.25, -0.2) is 4.98 Å². The van der Waals surface area contributed by atoms with E-state index in [4.69, 9.17) is 4.74 Å². The van der Waals surface area contributed by atoms with Crippen LogP contribution in [-0.2, 0) is 0 Å². The Hall–Kier alpha value is -1.52. The van der Waals surface area contributed by atoms with Gasteiger partial charge >= 0.3 is 0 Å². The van der Waals surface area contributed by atoms with E-state index in [1.165, 1.54) is 13.4 Å². The Balaban J connectivity index is 2.34. The second kappa shape index (κ2) is 4.15. The van der Waals surface area contributed by atoms with Crippen molar-refractivity contribution in [2.75, 3.05) is 25.1 Å². The molecule has 1 aromatic heterocycles. The number of H-pyrrole nitrogens is 1. The van der Waals surface area contributed by atoms with Gasteiger partial charge in [-0.1, -0.05) is 13.8 Å². The highest BCUT2D eigenvalue weighted by molar-refractivity contribution is 5.51. The average molecular weight is 223 g/mol. The largest absolute Gasteiger partial charge is 0.489 e. The molecule has 1 saturated heterocycles. The van der Waals surface area contributed by atoms with E-state index in [9.17, 15) is 4.79 Å². The van der Waals surface area contributed by atoms with Crippen LogP contribution in [0.2, 0.25) is 0 Å². The van der Waals surface area contributed by atoms with E-state index in [0.717, 1.165) is 13.1 Å². The van der Waals surface area contributed by atoms with Crippen molar-refractivity contribution in [2.45, 2.75) is 13.8 Å². The van der Waals surface area contributed by atoms with Gasteiger partial charge in [-0.3, -0.25) is 4.79 Å². The van der Waals surface area contributed by atoms with Crippen molar-refractivity contribution in [3.05, 3.63) is 16.7 Å². The molecular formula is C11H17N3O2. The molecule has 2 atom stereocenters. The number of nitrogens with zero attached hydrogens (tertiary/aromatic N) is 2. The highest BCUT2D eigenvalue weighted by atomic mass is 16.5. The van der Waals surface area contributed by atoms with Crippen LogP contribution in [0.5, 0.6) is 5.75 Å². The third-order valence-electron chi connectivity index (χ3n) is 3.28. The molecule has 0 radical (unpaired) electrons. The summed E-state index contributed by atoms with van der Waals surface area (Å²) in [6, 6.07) is 0. The Morgan fingerprint density at radius 1 is 1.44 bits per heavy atom. The van der Waals surface area contributed by atoms with E-state index in [0.29, 0.717) is 23.4 Å². The Labute approximate surface area is 94.5 Å². The van der Waals surface area contributed by atoms with E-state index in [1.807, 2.05) is 0 Å². The highest BCUT2D eigenvalue weighted by Gasteiger charge is 2.29. The van der Waals surface area contributed by atoms with Crippen molar-refractivity contribution < 1.29 is 4.74 Å². The van der Waals surface area contributed by atoms with E-state index >= 15 is 0 Å². The minimum absolute atomic E-state index is 0.222. The van der Waals surface area contributed by atoms with Gasteiger partial charge in [0.05, 0.1) is 13.4 Å². The molecule has 1 N–H and O–H groups in total. The molecule has 1 aromatic rings. The fraction of sp³-hybridized carbons (Fsp3) is 0.636. The molecule has 2 unspecified atom stereocenters. The first kappa shape index (κ1) is 11.0. The summed E-state index contributed by atoms with van der Waals surface area (Å²) in [5.74, 6) is 2.20. The fourth-order valence-electron chi connectivity index (χ4n) is 2.09. The van der Waals surface area contributed by atoms with Crippen LogP contribution in [0, 0.1) is 11.8 Å². The number of aromatic nitrogens is 2. The third-order valence-corrected chi connectivity index (χ3v) is 3.28. The van der Waals surface area contributed by atoms with Crippen molar-refractivity contribution in [3.8, 4) is 5.75 Å². The van der Waals surface area contributed by atoms with Gasteiger partial charge in [0.15, 0.2) is 5.82 Å². The number of anilines is 1. The third kappa shape index (κ3) is 1.77. The molecular weight excluding hydrogens is 206 g/mol. The topological polar surface area (TPSA) is 58.2 Å². The predicted octanol–water partition coefficient (Wildman–Crippen LogP) is 0.871. The monoisotopic (exact) mass is 223 g/mol. The normalized spacial score (nSPS) is 24.8. The highest BCUT2D eigenvalue weighted by Crippen LogP contribution is 2.29. The first-order chi connectivity index (χ1) is 7.63. The maximum atomic E-state index is 11.5. The van der Waals surface area contributed by atoms with Gasteiger partial charge in [-0.15, -0.1) is 0 Å². The van der Waals surface area contributed by atoms with Crippen molar-refractivity contribution in [1.29, 1.82) is 0 Å². The number of hydrogen-bond acceptors (Lipinski definition) is 4. The minimum Gasteiger partial charge on any atom is -0.489 e. The number of methoxy groups -OCH3 is 1. The molecule has 0 saturated carbocycles. The van der Waals surface area contributed by atoms with Crippen LogP contribution < -0.4 is 15.2 Å². The van der Waals surface area contributed by atoms with Crippen molar-refractivity contribution in [2.24, 2.45) is 11.8 Å². The summed E-state index contributed by atoms with van der Waals surface area (Å²) in [6.07, 6.45) is 1.42. The van der Waals surface area contributed by atoms with Crippen molar-refractivity contribution >= 4 is 5.82 Å². The second-order valence-electron chi connectivity index (χ2n) is 4.45. The van der Waals surface area contributed by atoms with Gasteiger partial charge in [-0.05, 0) is 11.8 Å². The van der Waals surface area contributed by atoms with Gasteiger partial charge in [-0.2, -0.15) is 0 Å². The van der Waals surface area contributed by atoms with Crippen LogP contribution in [-0.4, -0.2) is 30.2 Å². The molecule has 1 fully saturated rings. The van der Waals surface area contributed by atoms with Crippen LogP contribution in [0.15, 0.2) is 11.1 Å². The summed E-state index contributed by atoms with van der Waals surface area (Å²) in [5.41, 5.74) is -0.222. The molecule has 88 valence electrons. The molecule has 0 aromatic carbocycles.